The number of nitrogens with two attached hydrogens (primary N) is 1. The third kappa shape index (κ3) is 5.64. The summed E-state index contributed by atoms with van der Waals surface area (Å²) >= 11 is 0. The monoisotopic (exact) mass is 339 g/mol. The molecule has 0 heterocycles. The molecule has 132 valence electrons. The Morgan fingerprint density at radius 1 is 1.04 bits per heavy atom. The summed E-state index contributed by atoms with van der Waals surface area (Å²) in [4.78, 5) is 18.6. The van der Waals surface area contributed by atoms with Gasteiger partial charge in [-0.05, 0) is 37.1 Å². The fourth-order valence-electron chi connectivity index (χ4n) is 2.42. The van der Waals surface area contributed by atoms with E-state index in [1.54, 1.807) is 12.1 Å². The molecule has 0 amide bonds. The first-order valence-corrected chi connectivity index (χ1v) is 8.48. The Morgan fingerprint density at radius 3 is 2.40 bits per heavy atom. The zero-order valence-electron chi connectivity index (χ0n) is 14.8. The van der Waals surface area contributed by atoms with E-state index >= 15 is 0 Å². The van der Waals surface area contributed by atoms with Crippen LogP contribution in [0.5, 0.6) is 0 Å². The van der Waals surface area contributed by atoms with Crippen molar-refractivity contribution in [3.8, 4) is 0 Å². The molecule has 0 saturated heterocycles. The molecule has 2 aromatic rings. The predicted octanol–water partition coefficient (Wildman–Crippen LogP) is 3.20. The average molecular weight is 339 g/mol. The van der Waals surface area contributed by atoms with Gasteiger partial charge < -0.3 is 15.4 Å². The number of rotatable bonds is 7. The molecule has 0 aliphatic heterocycles. The van der Waals surface area contributed by atoms with Crippen LogP contribution in [-0.2, 0) is 17.9 Å². The summed E-state index contributed by atoms with van der Waals surface area (Å²) in [6.45, 7) is 6.40. The number of carbonyl (C=O) groups is 1. The third-order valence-corrected chi connectivity index (χ3v) is 3.89. The smallest absolute Gasteiger partial charge is 0.338 e. The first kappa shape index (κ1) is 18.5. The molecule has 2 N–H and O–H groups in total. The Balaban J connectivity index is 1.98. The van der Waals surface area contributed by atoms with E-state index in [1.807, 2.05) is 61.2 Å². The van der Waals surface area contributed by atoms with Crippen molar-refractivity contribution in [3.05, 3.63) is 71.3 Å². The number of hydrogen-bond donors (Lipinski definition) is 1. The van der Waals surface area contributed by atoms with Crippen molar-refractivity contribution in [2.45, 2.75) is 27.0 Å². The normalized spacial score (nSPS) is 11.2. The number of benzene rings is 2. The van der Waals surface area contributed by atoms with Crippen LogP contribution in [0.3, 0.4) is 0 Å². The zero-order valence-corrected chi connectivity index (χ0v) is 14.8. The van der Waals surface area contributed by atoms with Crippen molar-refractivity contribution >= 4 is 11.9 Å². The molecular weight excluding hydrogens is 314 g/mol. The van der Waals surface area contributed by atoms with Crippen LogP contribution < -0.4 is 5.73 Å². The highest BCUT2D eigenvalue weighted by atomic mass is 16.5. The minimum atomic E-state index is -0.341. The summed E-state index contributed by atoms with van der Waals surface area (Å²) in [7, 11) is 0. The molecule has 0 saturated carbocycles. The van der Waals surface area contributed by atoms with E-state index in [9.17, 15) is 4.79 Å². The van der Waals surface area contributed by atoms with Gasteiger partial charge in [0.05, 0.1) is 12.1 Å². The molecule has 0 radical (unpaired) electrons. The van der Waals surface area contributed by atoms with E-state index in [0.717, 1.165) is 24.2 Å². The van der Waals surface area contributed by atoms with Crippen LogP contribution >= 0.6 is 0 Å². The van der Waals surface area contributed by atoms with Crippen LogP contribution in [0.4, 0.5) is 0 Å². The number of aliphatic imine (C=N–C) groups is 1. The lowest BCUT2D eigenvalue weighted by Gasteiger charge is -2.19. The molecule has 0 fully saturated rings. The van der Waals surface area contributed by atoms with Crippen molar-refractivity contribution < 1.29 is 9.53 Å². The van der Waals surface area contributed by atoms with E-state index in [1.165, 1.54) is 0 Å². The van der Waals surface area contributed by atoms with Crippen molar-refractivity contribution in [2.75, 3.05) is 13.1 Å². The number of carbonyl (C=O) groups excluding carboxylic acids is 1. The summed E-state index contributed by atoms with van der Waals surface area (Å²) in [5.41, 5.74) is 8.38. The zero-order chi connectivity index (χ0) is 18.1. The molecule has 0 aliphatic rings. The van der Waals surface area contributed by atoms with E-state index in [2.05, 4.69) is 4.99 Å². The van der Waals surface area contributed by atoms with E-state index in [0.29, 0.717) is 18.1 Å². The molecular formula is C20H25N3O2. The highest BCUT2D eigenvalue weighted by Gasteiger charge is 2.08. The van der Waals surface area contributed by atoms with Crippen LogP contribution in [0, 0.1) is 0 Å². The van der Waals surface area contributed by atoms with Gasteiger partial charge in [0.1, 0.15) is 6.61 Å². The van der Waals surface area contributed by atoms with Gasteiger partial charge in [-0.1, -0.05) is 42.5 Å². The maximum absolute atomic E-state index is 12.2. The molecule has 0 bridgehead atoms. The van der Waals surface area contributed by atoms with E-state index < -0.39 is 0 Å². The molecule has 5 heteroatoms. The van der Waals surface area contributed by atoms with Gasteiger partial charge in [-0.15, -0.1) is 0 Å². The molecule has 2 aromatic carbocycles. The highest BCUT2D eigenvalue weighted by Crippen LogP contribution is 2.10. The number of hydrogen-bond acceptors (Lipinski definition) is 3. The lowest BCUT2D eigenvalue weighted by atomic mass is 10.1. The molecule has 0 aliphatic carbocycles. The van der Waals surface area contributed by atoms with Gasteiger partial charge in [-0.25, -0.2) is 9.79 Å². The average Bonchev–Trinajstić information content (AvgIpc) is 2.66. The van der Waals surface area contributed by atoms with Crippen molar-refractivity contribution in [2.24, 2.45) is 10.7 Å². The maximum atomic E-state index is 12.2. The van der Waals surface area contributed by atoms with Crippen LogP contribution in [0.1, 0.15) is 35.3 Å². The molecule has 0 aromatic heterocycles. The summed E-state index contributed by atoms with van der Waals surface area (Å²) < 4.78 is 5.36. The number of ether oxygens (including phenoxy) is 1. The van der Waals surface area contributed by atoms with Gasteiger partial charge in [0.15, 0.2) is 5.96 Å². The lowest BCUT2D eigenvalue weighted by Crippen LogP contribution is -2.37. The van der Waals surface area contributed by atoms with Gasteiger partial charge in [0, 0.05) is 13.1 Å². The fraction of sp³-hybridized carbons (Fsp3) is 0.300. The Bertz CT molecular complexity index is 710. The first-order chi connectivity index (χ1) is 12.1. The Kier molecular flexibility index (Phi) is 7.01. The number of guanidine groups is 1. The third-order valence-electron chi connectivity index (χ3n) is 3.89. The summed E-state index contributed by atoms with van der Waals surface area (Å²) in [6.07, 6.45) is 0. The molecule has 25 heavy (non-hydrogen) atoms. The summed E-state index contributed by atoms with van der Waals surface area (Å²) in [5, 5.41) is 0. The van der Waals surface area contributed by atoms with Crippen molar-refractivity contribution in [1.29, 1.82) is 0 Å². The largest absolute Gasteiger partial charge is 0.457 e. The molecule has 0 spiro atoms. The minimum Gasteiger partial charge on any atom is -0.457 e. The van der Waals surface area contributed by atoms with Gasteiger partial charge in [-0.3, -0.25) is 0 Å². The Labute approximate surface area is 149 Å². The van der Waals surface area contributed by atoms with Gasteiger partial charge in [0.25, 0.3) is 0 Å². The SMILES string of the molecule is CCN(CC)C(N)=NCc1cccc(C(=O)OCc2ccccc2)c1. The lowest BCUT2D eigenvalue weighted by molar-refractivity contribution is 0.0472. The number of esters is 1. The summed E-state index contributed by atoms with van der Waals surface area (Å²) in [5.74, 6) is 0.174. The molecule has 0 atom stereocenters. The van der Waals surface area contributed by atoms with Crippen molar-refractivity contribution in [3.63, 3.8) is 0 Å². The fourth-order valence-corrected chi connectivity index (χ4v) is 2.42. The molecule has 2 rings (SSSR count). The number of nitrogens with zero attached hydrogens (tertiary/aromatic N) is 2. The topological polar surface area (TPSA) is 67.9 Å². The van der Waals surface area contributed by atoms with Crippen LogP contribution in [0.15, 0.2) is 59.6 Å². The van der Waals surface area contributed by atoms with E-state index in [-0.39, 0.29) is 12.6 Å². The van der Waals surface area contributed by atoms with E-state index in [4.69, 9.17) is 10.5 Å². The van der Waals surface area contributed by atoms with Crippen LogP contribution in [0.25, 0.3) is 0 Å². The quantitative estimate of drug-likeness (QED) is 0.478. The first-order valence-electron chi connectivity index (χ1n) is 8.48. The second-order valence-corrected chi connectivity index (χ2v) is 5.61. The second kappa shape index (κ2) is 9.47. The Morgan fingerprint density at radius 2 is 1.72 bits per heavy atom. The predicted molar refractivity (Wildman–Crippen MR) is 100 cm³/mol. The second-order valence-electron chi connectivity index (χ2n) is 5.61. The highest BCUT2D eigenvalue weighted by molar-refractivity contribution is 5.89. The van der Waals surface area contributed by atoms with Gasteiger partial charge in [-0.2, -0.15) is 0 Å². The van der Waals surface area contributed by atoms with Crippen LogP contribution in [-0.4, -0.2) is 29.9 Å². The van der Waals surface area contributed by atoms with Gasteiger partial charge >= 0.3 is 5.97 Å². The molecule has 5 nitrogen and oxygen atoms in total. The van der Waals surface area contributed by atoms with Gasteiger partial charge in [0.2, 0.25) is 0 Å². The van der Waals surface area contributed by atoms with Crippen molar-refractivity contribution in [1.82, 2.24) is 4.90 Å². The Hall–Kier alpha value is -2.82. The molecule has 0 unspecified atom stereocenters. The van der Waals surface area contributed by atoms with Crippen LogP contribution in [0.2, 0.25) is 0 Å². The minimum absolute atomic E-state index is 0.261. The standard InChI is InChI=1S/C20H25N3O2/c1-3-23(4-2)20(21)22-14-17-11-8-12-18(13-17)19(24)25-15-16-9-6-5-7-10-16/h5-13H,3-4,14-15H2,1-2H3,(H2,21,22). The maximum Gasteiger partial charge on any atom is 0.338 e. The summed E-state index contributed by atoms with van der Waals surface area (Å²) in [6, 6.07) is 16.9.